The number of imide groups is 1. The van der Waals surface area contributed by atoms with Gasteiger partial charge in [0.25, 0.3) is 0 Å². The molecule has 0 saturated heterocycles. The lowest BCUT2D eigenvalue weighted by Crippen LogP contribution is -2.48. The van der Waals surface area contributed by atoms with Crippen molar-refractivity contribution < 1.29 is 9.59 Å². The van der Waals surface area contributed by atoms with Crippen molar-refractivity contribution in [2.75, 3.05) is 5.75 Å². The Balaban J connectivity index is 1.53. The minimum absolute atomic E-state index is 0.112. The first-order valence-corrected chi connectivity index (χ1v) is 10.8. The fourth-order valence-corrected chi connectivity index (χ4v) is 4.31. The first kappa shape index (κ1) is 20.4. The number of nitrogens with zero attached hydrogens (tertiary/aromatic N) is 3. The smallest absolute Gasteiger partial charge is 0.321 e. The van der Waals surface area contributed by atoms with Crippen molar-refractivity contribution in [3.05, 3.63) is 30.3 Å². The van der Waals surface area contributed by atoms with E-state index in [0.717, 1.165) is 30.7 Å². The van der Waals surface area contributed by atoms with E-state index in [0.29, 0.717) is 17.6 Å². The van der Waals surface area contributed by atoms with E-state index in [-0.39, 0.29) is 17.7 Å². The summed E-state index contributed by atoms with van der Waals surface area (Å²) in [6, 6.07) is 9.56. The number of rotatable bonds is 6. The molecule has 1 aliphatic rings. The minimum Gasteiger partial charge on any atom is -0.335 e. The first-order chi connectivity index (χ1) is 13.6. The maximum Gasteiger partial charge on any atom is 0.321 e. The summed E-state index contributed by atoms with van der Waals surface area (Å²) in [5, 5.41) is 14.5. The third kappa shape index (κ3) is 5.13. The topological polar surface area (TPSA) is 88.9 Å². The molecular formula is C20H27N5O2S. The highest BCUT2D eigenvalue weighted by atomic mass is 32.2. The number of urea groups is 1. The van der Waals surface area contributed by atoms with Crippen LogP contribution in [0.3, 0.4) is 0 Å². The van der Waals surface area contributed by atoms with Crippen LogP contribution in [0.4, 0.5) is 4.79 Å². The molecule has 0 spiro atoms. The van der Waals surface area contributed by atoms with Crippen LogP contribution in [0, 0.1) is 5.92 Å². The van der Waals surface area contributed by atoms with Gasteiger partial charge in [-0.15, -0.1) is 10.2 Å². The molecule has 1 aromatic heterocycles. The number of nitrogens with one attached hydrogen (secondary N) is 2. The Morgan fingerprint density at radius 1 is 1.18 bits per heavy atom. The fourth-order valence-electron chi connectivity index (χ4n) is 3.51. The second-order valence-electron chi connectivity index (χ2n) is 7.10. The number of amides is 3. The first-order valence-electron chi connectivity index (χ1n) is 9.80. The molecule has 0 radical (unpaired) electrons. The number of hydrogen-bond donors (Lipinski definition) is 2. The normalized spacial score (nSPS) is 19.2. The van der Waals surface area contributed by atoms with Crippen LogP contribution < -0.4 is 10.6 Å². The van der Waals surface area contributed by atoms with Crippen LogP contribution in [0.5, 0.6) is 0 Å². The van der Waals surface area contributed by atoms with Gasteiger partial charge >= 0.3 is 6.03 Å². The standard InChI is InChI=1S/C20H27N5O2S/c1-3-25-18(15-10-5-4-6-11-15)23-24-20(25)28-13-17(26)22-19(27)21-16-12-8-7-9-14(16)2/h4-6,10-11,14,16H,3,7-9,12-13H2,1-2H3,(H2,21,22,26,27)/t14-,16+/m1/s1. The van der Waals surface area contributed by atoms with Gasteiger partial charge in [-0.25, -0.2) is 4.79 Å². The van der Waals surface area contributed by atoms with Crippen molar-refractivity contribution in [1.82, 2.24) is 25.4 Å². The van der Waals surface area contributed by atoms with E-state index < -0.39 is 6.03 Å². The molecule has 28 heavy (non-hydrogen) atoms. The van der Waals surface area contributed by atoms with Crippen molar-refractivity contribution in [3.8, 4) is 11.4 Å². The average Bonchev–Trinajstić information content (AvgIpc) is 3.11. The molecule has 0 bridgehead atoms. The van der Waals surface area contributed by atoms with Crippen molar-refractivity contribution in [2.24, 2.45) is 5.92 Å². The number of carbonyl (C=O) groups excluding carboxylic acids is 2. The molecule has 0 aliphatic heterocycles. The molecule has 2 N–H and O–H groups in total. The van der Waals surface area contributed by atoms with Crippen molar-refractivity contribution >= 4 is 23.7 Å². The summed E-state index contributed by atoms with van der Waals surface area (Å²) in [4.78, 5) is 24.3. The Bertz CT molecular complexity index is 808. The van der Waals surface area contributed by atoms with Gasteiger partial charge in [0.15, 0.2) is 11.0 Å². The molecule has 1 heterocycles. The van der Waals surface area contributed by atoms with E-state index in [2.05, 4.69) is 27.8 Å². The quantitative estimate of drug-likeness (QED) is 0.724. The Morgan fingerprint density at radius 2 is 1.93 bits per heavy atom. The van der Waals surface area contributed by atoms with E-state index >= 15 is 0 Å². The Morgan fingerprint density at radius 3 is 2.64 bits per heavy atom. The molecular weight excluding hydrogens is 374 g/mol. The van der Waals surface area contributed by atoms with Crippen molar-refractivity contribution in [3.63, 3.8) is 0 Å². The van der Waals surface area contributed by atoms with Gasteiger partial charge in [0.05, 0.1) is 5.75 Å². The predicted molar refractivity (Wildman–Crippen MR) is 110 cm³/mol. The van der Waals surface area contributed by atoms with Gasteiger partial charge in [-0.2, -0.15) is 0 Å². The summed E-state index contributed by atoms with van der Waals surface area (Å²) < 4.78 is 1.97. The largest absolute Gasteiger partial charge is 0.335 e. The molecule has 3 amide bonds. The van der Waals surface area contributed by atoms with Crippen LogP contribution in [0.25, 0.3) is 11.4 Å². The lowest BCUT2D eigenvalue weighted by molar-refractivity contribution is -0.117. The summed E-state index contributed by atoms with van der Waals surface area (Å²) in [6.07, 6.45) is 4.42. The zero-order chi connectivity index (χ0) is 19.9. The van der Waals surface area contributed by atoms with Gasteiger partial charge in [-0.1, -0.05) is 61.9 Å². The van der Waals surface area contributed by atoms with Gasteiger partial charge in [0.2, 0.25) is 5.91 Å². The highest BCUT2D eigenvalue weighted by molar-refractivity contribution is 7.99. The van der Waals surface area contributed by atoms with Gasteiger partial charge in [0, 0.05) is 18.2 Å². The summed E-state index contributed by atoms with van der Waals surface area (Å²) in [6.45, 7) is 4.85. The summed E-state index contributed by atoms with van der Waals surface area (Å²) in [5.74, 6) is 0.997. The molecule has 1 saturated carbocycles. The molecule has 1 aromatic carbocycles. The average molecular weight is 402 g/mol. The molecule has 1 fully saturated rings. The van der Waals surface area contributed by atoms with Gasteiger partial charge in [-0.05, 0) is 25.7 Å². The minimum atomic E-state index is -0.411. The van der Waals surface area contributed by atoms with E-state index in [4.69, 9.17) is 0 Å². The highest BCUT2D eigenvalue weighted by Gasteiger charge is 2.23. The van der Waals surface area contributed by atoms with E-state index in [1.807, 2.05) is 41.8 Å². The van der Waals surface area contributed by atoms with Crippen LogP contribution in [0.1, 0.15) is 39.5 Å². The second kappa shape index (κ2) is 9.73. The monoisotopic (exact) mass is 401 g/mol. The fraction of sp³-hybridized carbons (Fsp3) is 0.500. The Kier molecular flexibility index (Phi) is 7.08. The summed E-state index contributed by atoms with van der Waals surface area (Å²) in [5.41, 5.74) is 0.981. The van der Waals surface area contributed by atoms with Crippen LogP contribution in [0.15, 0.2) is 35.5 Å². The molecule has 2 atom stereocenters. The zero-order valence-corrected chi connectivity index (χ0v) is 17.2. The third-order valence-corrected chi connectivity index (χ3v) is 6.05. The van der Waals surface area contributed by atoms with Crippen LogP contribution in [-0.4, -0.2) is 38.5 Å². The second-order valence-corrected chi connectivity index (χ2v) is 8.04. The van der Waals surface area contributed by atoms with Gasteiger partial charge in [0.1, 0.15) is 0 Å². The maximum absolute atomic E-state index is 12.2. The van der Waals surface area contributed by atoms with Crippen molar-refractivity contribution in [1.29, 1.82) is 0 Å². The third-order valence-electron chi connectivity index (χ3n) is 5.08. The predicted octanol–water partition coefficient (Wildman–Crippen LogP) is 3.46. The van der Waals surface area contributed by atoms with Gasteiger partial charge < -0.3 is 9.88 Å². The lowest BCUT2D eigenvalue weighted by Gasteiger charge is -2.29. The lowest BCUT2D eigenvalue weighted by atomic mass is 9.86. The highest BCUT2D eigenvalue weighted by Crippen LogP contribution is 2.24. The van der Waals surface area contributed by atoms with Crippen LogP contribution in [-0.2, 0) is 11.3 Å². The molecule has 0 unspecified atom stereocenters. The van der Waals surface area contributed by atoms with E-state index in [1.165, 1.54) is 18.2 Å². The Labute approximate surface area is 169 Å². The van der Waals surface area contributed by atoms with Crippen LogP contribution >= 0.6 is 11.8 Å². The zero-order valence-electron chi connectivity index (χ0n) is 16.4. The number of carbonyl (C=O) groups is 2. The SMILES string of the molecule is CCn1c(SCC(=O)NC(=O)N[C@H]2CCCC[C@H]2C)nnc1-c1ccccc1. The van der Waals surface area contributed by atoms with Gasteiger partial charge in [-0.3, -0.25) is 10.1 Å². The molecule has 1 aliphatic carbocycles. The maximum atomic E-state index is 12.2. The van der Waals surface area contributed by atoms with Crippen molar-refractivity contribution in [2.45, 2.75) is 57.3 Å². The number of thioether (sulfide) groups is 1. The molecule has 150 valence electrons. The van der Waals surface area contributed by atoms with E-state index in [9.17, 15) is 9.59 Å². The number of hydrogen-bond acceptors (Lipinski definition) is 5. The molecule has 8 heteroatoms. The van der Waals surface area contributed by atoms with E-state index in [1.54, 1.807) is 0 Å². The summed E-state index contributed by atoms with van der Waals surface area (Å²) in [7, 11) is 0. The number of aromatic nitrogens is 3. The molecule has 2 aromatic rings. The molecule has 3 rings (SSSR count). The summed E-state index contributed by atoms with van der Waals surface area (Å²) >= 11 is 1.28. The van der Waals surface area contributed by atoms with Crippen LogP contribution in [0.2, 0.25) is 0 Å². The molecule has 7 nitrogen and oxygen atoms in total. The Hall–Kier alpha value is -2.35. The number of benzene rings is 1.